The predicted octanol–water partition coefficient (Wildman–Crippen LogP) is 3.53. The van der Waals surface area contributed by atoms with Crippen molar-refractivity contribution in [3.05, 3.63) is 65.5 Å². The highest BCUT2D eigenvalue weighted by Crippen LogP contribution is 2.15. The van der Waals surface area contributed by atoms with Crippen LogP contribution in [-0.4, -0.2) is 54.4 Å². The molecule has 0 unspecified atom stereocenters. The van der Waals surface area contributed by atoms with E-state index in [1.165, 1.54) is 17.7 Å². The van der Waals surface area contributed by atoms with E-state index < -0.39 is 5.82 Å². The van der Waals surface area contributed by atoms with Crippen molar-refractivity contribution in [2.75, 3.05) is 32.8 Å². The minimum atomic E-state index is -0.520. The number of hydrogen-bond acceptors (Lipinski definition) is 3. The van der Waals surface area contributed by atoms with Crippen molar-refractivity contribution in [2.24, 2.45) is 0 Å². The number of carbonyl (C=O) groups is 2. The Kier molecular flexibility index (Phi) is 7.22. The number of nitrogens with zero attached hydrogens (tertiary/aromatic N) is 2. The molecule has 0 N–H and O–H groups in total. The van der Waals surface area contributed by atoms with Crippen LogP contribution in [0.1, 0.15) is 35.7 Å². The first-order valence-electron chi connectivity index (χ1n) is 10.1. The lowest BCUT2D eigenvalue weighted by atomic mass is 10.1. The van der Waals surface area contributed by atoms with Crippen molar-refractivity contribution in [3.8, 4) is 5.75 Å². The highest BCUT2D eigenvalue weighted by molar-refractivity contribution is 5.94. The van der Waals surface area contributed by atoms with Gasteiger partial charge in [-0.25, -0.2) is 4.39 Å². The van der Waals surface area contributed by atoms with E-state index in [4.69, 9.17) is 4.74 Å². The molecule has 2 aromatic rings. The number of aryl methyl sites for hydroxylation is 1. The summed E-state index contributed by atoms with van der Waals surface area (Å²) in [6, 6.07) is 13.8. The van der Waals surface area contributed by atoms with Gasteiger partial charge in [0, 0.05) is 26.2 Å². The van der Waals surface area contributed by atoms with Gasteiger partial charge in [-0.2, -0.15) is 0 Å². The van der Waals surface area contributed by atoms with Crippen LogP contribution in [-0.2, 0) is 11.2 Å². The summed E-state index contributed by atoms with van der Waals surface area (Å²) >= 11 is 0. The van der Waals surface area contributed by atoms with Crippen molar-refractivity contribution in [1.29, 1.82) is 0 Å². The van der Waals surface area contributed by atoms with Gasteiger partial charge in [0.2, 0.25) is 0 Å². The fraction of sp³-hybridized carbons (Fsp3) is 0.391. The van der Waals surface area contributed by atoms with E-state index in [-0.39, 0.29) is 24.0 Å². The zero-order valence-electron chi connectivity index (χ0n) is 16.8. The summed E-state index contributed by atoms with van der Waals surface area (Å²) in [5.41, 5.74) is 1.32. The van der Waals surface area contributed by atoms with Crippen LogP contribution in [0.4, 0.5) is 4.39 Å². The lowest BCUT2D eigenvalue weighted by Crippen LogP contribution is -2.39. The monoisotopic (exact) mass is 398 g/mol. The van der Waals surface area contributed by atoms with E-state index in [0.29, 0.717) is 38.3 Å². The van der Waals surface area contributed by atoms with E-state index in [0.717, 1.165) is 12.8 Å². The molecule has 1 aliphatic heterocycles. The van der Waals surface area contributed by atoms with Gasteiger partial charge < -0.3 is 14.5 Å². The summed E-state index contributed by atoms with van der Waals surface area (Å²) in [5.74, 6) is -0.291. The Morgan fingerprint density at radius 2 is 1.66 bits per heavy atom. The first kappa shape index (κ1) is 20.8. The molecule has 3 rings (SSSR count). The normalized spacial score (nSPS) is 14.4. The Labute approximate surface area is 171 Å². The van der Waals surface area contributed by atoms with Gasteiger partial charge >= 0.3 is 0 Å². The lowest BCUT2D eigenvalue weighted by Gasteiger charge is -2.22. The molecule has 0 aliphatic carbocycles. The number of halogens is 1. The number of ether oxygens (including phenoxy) is 1. The van der Waals surface area contributed by atoms with Crippen molar-refractivity contribution >= 4 is 11.8 Å². The topological polar surface area (TPSA) is 49.9 Å². The van der Waals surface area contributed by atoms with Gasteiger partial charge in [-0.1, -0.05) is 37.6 Å². The maximum absolute atomic E-state index is 13.9. The van der Waals surface area contributed by atoms with Gasteiger partial charge in [-0.15, -0.1) is 0 Å². The predicted molar refractivity (Wildman–Crippen MR) is 109 cm³/mol. The molecule has 2 aromatic carbocycles. The maximum Gasteiger partial charge on any atom is 0.260 e. The molecule has 0 radical (unpaired) electrons. The largest absolute Gasteiger partial charge is 0.484 e. The quantitative estimate of drug-likeness (QED) is 0.748. The van der Waals surface area contributed by atoms with Crippen molar-refractivity contribution in [1.82, 2.24) is 9.80 Å². The Morgan fingerprint density at radius 3 is 2.38 bits per heavy atom. The van der Waals surface area contributed by atoms with E-state index in [1.54, 1.807) is 21.9 Å². The second-order valence-electron chi connectivity index (χ2n) is 7.19. The van der Waals surface area contributed by atoms with Gasteiger partial charge in [0.05, 0.1) is 5.56 Å². The van der Waals surface area contributed by atoms with Gasteiger partial charge in [-0.3, -0.25) is 9.59 Å². The Bertz CT molecular complexity index is 838. The molecule has 154 valence electrons. The first-order chi connectivity index (χ1) is 14.1. The van der Waals surface area contributed by atoms with E-state index in [1.807, 2.05) is 24.3 Å². The molecule has 1 heterocycles. The molecular weight excluding hydrogens is 371 g/mol. The van der Waals surface area contributed by atoms with E-state index in [9.17, 15) is 14.0 Å². The molecule has 0 aromatic heterocycles. The van der Waals surface area contributed by atoms with Gasteiger partial charge in [0.25, 0.3) is 11.8 Å². The van der Waals surface area contributed by atoms with Crippen LogP contribution >= 0.6 is 0 Å². The van der Waals surface area contributed by atoms with Crippen LogP contribution in [0.15, 0.2) is 48.5 Å². The van der Waals surface area contributed by atoms with Crippen LogP contribution in [0.2, 0.25) is 0 Å². The summed E-state index contributed by atoms with van der Waals surface area (Å²) in [5, 5.41) is 0. The molecule has 1 saturated heterocycles. The minimum absolute atomic E-state index is 0.0333. The first-order valence-corrected chi connectivity index (χ1v) is 10.1. The number of hydrogen-bond donors (Lipinski definition) is 0. The average Bonchev–Trinajstić information content (AvgIpc) is 2.99. The molecule has 1 aliphatic rings. The minimum Gasteiger partial charge on any atom is -0.484 e. The molecule has 0 bridgehead atoms. The zero-order chi connectivity index (χ0) is 20.6. The third-order valence-electron chi connectivity index (χ3n) is 5.06. The molecule has 5 nitrogen and oxygen atoms in total. The number of rotatable bonds is 6. The Balaban J connectivity index is 1.51. The number of carbonyl (C=O) groups excluding carboxylic acids is 2. The van der Waals surface area contributed by atoms with Crippen LogP contribution in [0.3, 0.4) is 0 Å². The third-order valence-corrected chi connectivity index (χ3v) is 5.06. The second kappa shape index (κ2) is 10.0. The molecule has 0 atom stereocenters. The van der Waals surface area contributed by atoms with Crippen LogP contribution in [0.25, 0.3) is 0 Å². The summed E-state index contributed by atoms with van der Waals surface area (Å²) in [4.78, 5) is 28.4. The fourth-order valence-electron chi connectivity index (χ4n) is 3.45. The lowest BCUT2D eigenvalue weighted by molar-refractivity contribution is -0.133. The maximum atomic E-state index is 13.9. The van der Waals surface area contributed by atoms with Gasteiger partial charge in [0.15, 0.2) is 6.61 Å². The van der Waals surface area contributed by atoms with Crippen molar-refractivity contribution in [2.45, 2.75) is 26.2 Å². The van der Waals surface area contributed by atoms with Crippen LogP contribution in [0, 0.1) is 5.82 Å². The molecule has 0 saturated carbocycles. The van der Waals surface area contributed by atoms with E-state index >= 15 is 0 Å². The zero-order valence-corrected chi connectivity index (χ0v) is 16.8. The van der Waals surface area contributed by atoms with Crippen molar-refractivity contribution in [3.63, 3.8) is 0 Å². The van der Waals surface area contributed by atoms with Crippen LogP contribution < -0.4 is 4.74 Å². The molecular formula is C23H27FN2O3. The summed E-state index contributed by atoms with van der Waals surface area (Å²) in [6.07, 6.45) is 2.76. The van der Waals surface area contributed by atoms with E-state index in [2.05, 4.69) is 6.92 Å². The Hall–Kier alpha value is -2.89. The Morgan fingerprint density at radius 1 is 0.966 bits per heavy atom. The fourth-order valence-corrected chi connectivity index (χ4v) is 3.45. The van der Waals surface area contributed by atoms with Gasteiger partial charge in [0.1, 0.15) is 11.6 Å². The second-order valence-corrected chi connectivity index (χ2v) is 7.19. The SMILES string of the molecule is CCCc1ccc(OCC(=O)N2CCCN(C(=O)c3ccccc3F)CC2)cc1. The molecule has 1 fully saturated rings. The third kappa shape index (κ3) is 5.56. The summed E-state index contributed by atoms with van der Waals surface area (Å²) in [6.45, 7) is 3.95. The number of benzene rings is 2. The number of amides is 2. The average molecular weight is 398 g/mol. The standard InChI is InChI=1S/C23H27FN2O3/c1-2-6-18-9-11-19(12-10-18)29-17-22(27)25-13-5-14-26(16-15-25)23(28)20-7-3-4-8-21(20)24/h3-4,7-12H,2,5-6,13-17H2,1H3. The summed E-state index contributed by atoms with van der Waals surface area (Å²) < 4.78 is 19.5. The van der Waals surface area contributed by atoms with Crippen LogP contribution in [0.5, 0.6) is 5.75 Å². The summed E-state index contributed by atoms with van der Waals surface area (Å²) in [7, 11) is 0. The highest BCUT2D eigenvalue weighted by Gasteiger charge is 2.24. The van der Waals surface area contributed by atoms with Crippen molar-refractivity contribution < 1.29 is 18.7 Å². The molecule has 6 heteroatoms. The smallest absolute Gasteiger partial charge is 0.260 e. The molecule has 0 spiro atoms. The molecule has 2 amide bonds. The highest BCUT2D eigenvalue weighted by atomic mass is 19.1. The van der Waals surface area contributed by atoms with Gasteiger partial charge in [-0.05, 0) is 42.7 Å². The molecule has 29 heavy (non-hydrogen) atoms.